The number of nitrogens with zero attached hydrogens (tertiary/aromatic N) is 3. The molecule has 1 aromatic heterocycles. The molecule has 29 heavy (non-hydrogen) atoms. The second-order valence-corrected chi connectivity index (χ2v) is 7.56. The molecule has 2 aromatic rings. The van der Waals surface area contributed by atoms with E-state index in [0.717, 1.165) is 32.6 Å². The Morgan fingerprint density at radius 2 is 2.07 bits per heavy atom. The van der Waals surface area contributed by atoms with Crippen molar-refractivity contribution in [2.45, 2.75) is 25.1 Å². The summed E-state index contributed by atoms with van der Waals surface area (Å²) in [5.41, 5.74) is 2.71. The summed E-state index contributed by atoms with van der Waals surface area (Å²) in [7, 11) is 0. The molecule has 0 radical (unpaired) electrons. The molecule has 0 spiro atoms. The summed E-state index contributed by atoms with van der Waals surface area (Å²) in [4.78, 5) is 22.3. The van der Waals surface area contributed by atoms with Gasteiger partial charge >= 0.3 is 6.01 Å². The molecule has 1 fully saturated rings. The lowest BCUT2D eigenvalue weighted by Crippen LogP contribution is -2.51. The Balaban J connectivity index is 1.28. The zero-order valence-corrected chi connectivity index (χ0v) is 16.1. The number of amides is 1. The van der Waals surface area contributed by atoms with E-state index in [-0.39, 0.29) is 18.3 Å². The van der Waals surface area contributed by atoms with Crippen LogP contribution < -0.4 is 16.0 Å². The molecule has 0 saturated carbocycles. The van der Waals surface area contributed by atoms with Crippen molar-refractivity contribution in [2.24, 2.45) is 0 Å². The van der Waals surface area contributed by atoms with E-state index in [2.05, 4.69) is 43.0 Å². The molecule has 1 saturated heterocycles. The highest BCUT2D eigenvalue weighted by molar-refractivity contribution is 5.93. The van der Waals surface area contributed by atoms with E-state index in [1.54, 1.807) is 0 Å². The number of nitrogens with one attached hydrogen (secondary N) is 3. The van der Waals surface area contributed by atoms with Gasteiger partial charge in [-0.3, -0.25) is 9.69 Å². The summed E-state index contributed by atoms with van der Waals surface area (Å²) >= 11 is 0. The SMILES string of the molecule is O=C(NC[C@H](O)CN1CCc2ccccc2C1)c1cc(NC2CNC2)nc(O)n1. The number of rotatable bonds is 7. The first-order valence-corrected chi connectivity index (χ1v) is 9.87. The number of hydrogen-bond donors (Lipinski definition) is 5. The molecular formula is C20H26N6O3. The third-order valence-electron chi connectivity index (χ3n) is 5.26. The van der Waals surface area contributed by atoms with Crippen LogP contribution in [0.15, 0.2) is 30.3 Å². The summed E-state index contributed by atoms with van der Waals surface area (Å²) in [5, 5.41) is 29.0. The number of aromatic hydroxyl groups is 1. The number of benzene rings is 1. The summed E-state index contributed by atoms with van der Waals surface area (Å²) in [6.07, 6.45) is 0.264. The van der Waals surface area contributed by atoms with Gasteiger partial charge in [-0.15, -0.1) is 0 Å². The molecule has 5 N–H and O–H groups in total. The summed E-state index contributed by atoms with van der Waals surface area (Å²) in [6.45, 7) is 3.87. The zero-order valence-electron chi connectivity index (χ0n) is 16.1. The lowest BCUT2D eigenvalue weighted by molar-refractivity contribution is 0.0837. The summed E-state index contributed by atoms with van der Waals surface area (Å²) in [5.74, 6) is -0.0535. The molecule has 3 heterocycles. The Labute approximate surface area is 169 Å². The maximum Gasteiger partial charge on any atom is 0.316 e. The number of aliphatic hydroxyl groups excluding tert-OH is 1. The number of β-amino-alcohol motifs (C(OH)–C–C–N with tert-alkyl or cyclic N) is 1. The third kappa shape index (κ3) is 5.00. The van der Waals surface area contributed by atoms with E-state index < -0.39 is 18.0 Å². The molecule has 9 heteroatoms. The highest BCUT2D eigenvalue weighted by Crippen LogP contribution is 2.18. The van der Waals surface area contributed by atoms with Gasteiger partial charge in [0, 0.05) is 45.3 Å². The quantitative estimate of drug-likeness (QED) is 0.431. The second-order valence-electron chi connectivity index (χ2n) is 7.56. The minimum atomic E-state index is -0.696. The van der Waals surface area contributed by atoms with Crippen LogP contribution in [0.2, 0.25) is 0 Å². The topological polar surface area (TPSA) is 123 Å². The van der Waals surface area contributed by atoms with Crippen molar-refractivity contribution >= 4 is 11.7 Å². The Bertz CT molecular complexity index is 873. The molecule has 4 rings (SSSR count). The summed E-state index contributed by atoms with van der Waals surface area (Å²) < 4.78 is 0. The number of carbonyl (C=O) groups is 1. The summed E-state index contributed by atoms with van der Waals surface area (Å²) in [6, 6.07) is 9.60. The maximum atomic E-state index is 12.4. The predicted molar refractivity (Wildman–Crippen MR) is 108 cm³/mol. The standard InChI is InChI=1S/C20H26N6O3/c27-16(12-26-6-5-13-3-1-2-4-14(13)11-26)10-22-19(28)17-7-18(25-20(29)24-17)23-15-8-21-9-15/h1-4,7,15-16,21,27H,5-6,8-12H2,(H,22,28)(H2,23,24,25,29)/t16-/m0/s1. The van der Waals surface area contributed by atoms with Crippen LogP contribution in [0.5, 0.6) is 6.01 Å². The van der Waals surface area contributed by atoms with E-state index in [1.165, 1.54) is 17.2 Å². The highest BCUT2D eigenvalue weighted by atomic mass is 16.3. The van der Waals surface area contributed by atoms with E-state index in [4.69, 9.17) is 0 Å². The molecule has 0 aliphatic carbocycles. The lowest BCUT2D eigenvalue weighted by Gasteiger charge is -2.30. The van der Waals surface area contributed by atoms with Crippen molar-refractivity contribution < 1.29 is 15.0 Å². The third-order valence-corrected chi connectivity index (χ3v) is 5.26. The maximum absolute atomic E-state index is 12.4. The van der Waals surface area contributed by atoms with Gasteiger partial charge < -0.3 is 26.2 Å². The normalized spacial score (nSPS) is 17.8. The van der Waals surface area contributed by atoms with Crippen LogP contribution in [0.3, 0.4) is 0 Å². The van der Waals surface area contributed by atoms with Crippen LogP contribution in [0.4, 0.5) is 5.82 Å². The molecular weight excluding hydrogens is 372 g/mol. The zero-order chi connectivity index (χ0) is 20.2. The van der Waals surface area contributed by atoms with Gasteiger partial charge in [0.25, 0.3) is 5.91 Å². The van der Waals surface area contributed by atoms with Crippen molar-refractivity contribution in [2.75, 3.05) is 38.0 Å². The molecule has 2 aliphatic heterocycles. The Hall–Kier alpha value is -2.75. The van der Waals surface area contributed by atoms with Crippen molar-refractivity contribution in [1.82, 2.24) is 25.5 Å². The number of carbonyl (C=O) groups excluding carboxylic acids is 1. The second kappa shape index (κ2) is 8.73. The Morgan fingerprint density at radius 1 is 1.28 bits per heavy atom. The first kappa shape index (κ1) is 19.6. The predicted octanol–water partition coefficient (Wildman–Crippen LogP) is -0.285. The van der Waals surface area contributed by atoms with E-state index in [0.29, 0.717) is 12.4 Å². The van der Waals surface area contributed by atoms with Crippen LogP contribution in [0.25, 0.3) is 0 Å². The van der Waals surface area contributed by atoms with Gasteiger partial charge in [-0.05, 0) is 17.5 Å². The van der Waals surface area contributed by atoms with Gasteiger partial charge in [-0.25, -0.2) is 0 Å². The molecule has 1 atom stereocenters. The average molecular weight is 398 g/mol. The van der Waals surface area contributed by atoms with Gasteiger partial charge in [-0.1, -0.05) is 24.3 Å². The fourth-order valence-electron chi connectivity index (χ4n) is 3.60. The highest BCUT2D eigenvalue weighted by Gasteiger charge is 2.21. The Morgan fingerprint density at radius 3 is 2.83 bits per heavy atom. The molecule has 154 valence electrons. The molecule has 0 unspecified atom stereocenters. The minimum absolute atomic E-state index is 0.0615. The van der Waals surface area contributed by atoms with Crippen LogP contribution in [-0.4, -0.2) is 75.9 Å². The van der Waals surface area contributed by atoms with Gasteiger partial charge in [0.15, 0.2) is 0 Å². The van der Waals surface area contributed by atoms with Crippen LogP contribution in [0.1, 0.15) is 21.6 Å². The van der Waals surface area contributed by atoms with Gasteiger partial charge in [-0.2, -0.15) is 9.97 Å². The molecule has 0 bridgehead atoms. The van der Waals surface area contributed by atoms with E-state index in [9.17, 15) is 15.0 Å². The van der Waals surface area contributed by atoms with Crippen molar-refractivity contribution in [3.63, 3.8) is 0 Å². The van der Waals surface area contributed by atoms with Crippen LogP contribution in [0, 0.1) is 0 Å². The van der Waals surface area contributed by atoms with E-state index >= 15 is 0 Å². The molecule has 1 amide bonds. The lowest BCUT2D eigenvalue weighted by atomic mass is 10.00. The van der Waals surface area contributed by atoms with Gasteiger partial charge in [0.2, 0.25) is 0 Å². The number of anilines is 1. The van der Waals surface area contributed by atoms with Gasteiger partial charge in [0.05, 0.1) is 12.1 Å². The van der Waals surface area contributed by atoms with Crippen molar-refractivity contribution in [3.05, 3.63) is 47.2 Å². The number of aliphatic hydroxyl groups is 1. The van der Waals surface area contributed by atoms with Crippen molar-refractivity contribution in [3.8, 4) is 6.01 Å². The first-order chi connectivity index (χ1) is 14.1. The average Bonchev–Trinajstić information content (AvgIpc) is 2.68. The monoisotopic (exact) mass is 398 g/mol. The largest absolute Gasteiger partial charge is 0.479 e. The van der Waals surface area contributed by atoms with Crippen molar-refractivity contribution in [1.29, 1.82) is 0 Å². The first-order valence-electron chi connectivity index (χ1n) is 9.87. The van der Waals surface area contributed by atoms with Crippen LogP contribution >= 0.6 is 0 Å². The fourth-order valence-corrected chi connectivity index (χ4v) is 3.60. The Kier molecular flexibility index (Phi) is 5.89. The smallest absolute Gasteiger partial charge is 0.316 e. The number of fused-ring (bicyclic) bond motifs is 1. The van der Waals surface area contributed by atoms with Crippen LogP contribution in [-0.2, 0) is 13.0 Å². The number of hydrogen-bond acceptors (Lipinski definition) is 8. The minimum Gasteiger partial charge on any atom is -0.479 e. The molecule has 2 aliphatic rings. The van der Waals surface area contributed by atoms with E-state index in [1.807, 2.05) is 12.1 Å². The molecule has 9 nitrogen and oxygen atoms in total. The number of aromatic nitrogens is 2. The fraction of sp³-hybridized carbons (Fsp3) is 0.450. The molecule has 1 aromatic carbocycles. The van der Waals surface area contributed by atoms with Gasteiger partial charge in [0.1, 0.15) is 11.5 Å².